The van der Waals surface area contributed by atoms with Gasteiger partial charge in [-0.25, -0.2) is 4.79 Å². The number of rotatable bonds is 6. The molecular weight excluding hydrogens is 355 g/mol. The summed E-state index contributed by atoms with van der Waals surface area (Å²) in [4.78, 5) is 34.2. The lowest BCUT2D eigenvalue weighted by molar-refractivity contribution is -0.384. The number of nitrogens with zero attached hydrogens (tertiary/aromatic N) is 1. The van der Waals surface area contributed by atoms with Gasteiger partial charge in [0.15, 0.2) is 6.10 Å². The number of nitro benzene ring substituents is 1. The Morgan fingerprint density at radius 3 is 2.08 bits per heavy atom. The number of non-ortho nitro benzene ring substituents is 1. The molecule has 1 atom stereocenters. The van der Waals surface area contributed by atoms with Crippen molar-refractivity contribution in [1.29, 1.82) is 0 Å². The largest absolute Gasteiger partial charge is 0.450 e. The third kappa shape index (κ3) is 5.13. The molecule has 0 aliphatic rings. The Morgan fingerprint density at radius 2 is 1.58 bits per heavy atom. The van der Waals surface area contributed by atoms with Gasteiger partial charge < -0.3 is 4.74 Å². The number of ketones is 1. The van der Waals surface area contributed by atoms with Crippen molar-refractivity contribution in [3.8, 4) is 0 Å². The molecule has 0 radical (unpaired) electrons. The Labute approximate surface area is 145 Å². The Bertz CT molecular complexity index is 803. The first-order valence-electron chi connectivity index (χ1n) is 7.29. The third-order valence-corrected chi connectivity index (χ3v) is 3.33. The summed E-state index contributed by atoms with van der Waals surface area (Å²) in [6, 6.07) is 11.2. The van der Waals surface area contributed by atoms with Gasteiger partial charge in [-0.2, -0.15) is 13.2 Å². The van der Waals surface area contributed by atoms with Gasteiger partial charge in [0.05, 0.1) is 16.9 Å². The van der Waals surface area contributed by atoms with Gasteiger partial charge in [0, 0.05) is 17.7 Å². The predicted molar refractivity (Wildman–Crippen MR) is 83.7 cm³/mol. The molecule has 0 aromatic heterocycles. The van der Waals surface area contributed by atoms with Gasteiger partial charge in [-0.1, -0.05) is 30.3 Å². The lowest BCUT2D eigenvalue weighted by atomic mass is 10.0. The Balaban J connectivity index is 2.21. The van der Waals surface area contributed by atoms with Gasteiger partial charge in [0.2, 0.25) is 5.78 Å². The highest BCUT2D eigenvalue weighted by Crippen LogP contribution is 2.26. The van der Waals surface area contributed by atoms with Crippen molar-refractivity contribution in [2.24, 2.45) is 0 Å². The number of Topliss-reactive ketones (excluding diaryl/α,β-unsaturated/α-hetero) is 1. The highest BCUT2D eigenvalue weighted by atomic mass is 19.4. The van der Waals surface area contributed by atoms with Crippen LogP contribution >= 0.6 is 0 Å². The van der Waals surface area contributed by atoms with E-state index in [1.54, 1.807) is 6.07 Å². The number of alkyl halides is 3. The number of ether oxygens (including phenoxy) is 1. The second kappa shape index (κ2) is 7.77. The zero-order valence-corrected chi connectivity index (χ0v) is 13.1. The van der Waals surface area contributed by atoms with Crippen LogP contribution in [0.15, 0.2) is 54.6 Å². The maximum atomic E-state index is 12.8. The summed E-state index contributed by atoms with van der Waals surface area (Å²) in [6.45, 7) is 0. The zero-order valence-electron chi connectivity index (χ0n) is 13.1. The van der Waals surface area contributed by atoms with E-state index < -0.39 is 35.4 Å². The molecule has 1 unspecified atom stereocenters. The fourth-order valence-electron chi connectivity index (χ4n) is 2.10. The van der Waals surface area contributed by atoms with Crippen LogP contribution in [0.3, 0.4) is 0 Å². The van der Waals surface area contributed by atoms with Crippen molar-refractivity contribution in [2.45, 2.75) is 18.7 Å². The minimum Gasteiger partial charge on any atom is -0.450 e. The average Bonchev–Trinajstić information content (AvgIpc) is 2.60. The van der Waals surface area contributed by atoms with Crippen LogP contribution in [0, 0.1) is 10.1 Å². The molecule has 2 rings (SSSR count). The van der Waals surface area contributed by atoms with Crippen molar-refractivity contribution in [1.82, 2.24) is 0 Å². The molecule has 0 saturated heterocycles. The summed E-state index contributed by atoms with van der Waals surface area (Å²) in [5, 5.41) is 10.6. The van der Waals surface area contributed by atoms with E-state index >= 15 is 0 Å². The molecule has 0 bridgehead atoms. The van der Waals surface area contributed by atoms with Gasteiger partial charge in [0.25, 0.3) is 5.69 Å². The van der Waals surface area contributed by atoms with Crippen LogP contribution in [0.2, 0.25) is 0 Å². The predicted octanol–water partition coefficient (Wildman–Crippen LogP) is 3.96. The smallest absolute Gasteiger partial charge is 0.393 e. The first-order chi connectivity index (χ1) is 12.2. The number of halogens is 3. The Morgan fingerprint density at radius 1 is 1.00 bits per heavy atom. The summed E-state index contributed by atoms with van der Waals surface area (Å²) in [5.41, 5.74) is -0.532. The lowest BCUT2D eigenvalue weighted by Gasteiger charge is -2.18. The summed E-state index contributed by atoms with van der Waals surface area (Å²) in [6.07, 6.45) is -8.43. The van der Waals surface area contributed by atoms with Crippen LogP contribution in [0.4, 0.5) is 18.9 Å². The highest BCUT2D eigenvalue weighted by Gasteiger charge is 2.38. The van der Waals surface area contributed by atoms with Gasteiger partial charge in [0.1, 0.15) is 0 Å². The van der Waals surface area contributed by atoms with E-state index in [1.165, 1.54) is 24.3 Å². The Hall–Kier alpha value is -3.23. The van der Waals surface area contributed by atoms with E-state index in [-0.39, 0.29) is 16.8 Å². The molecule has 0 amide bonds. The standard InChI is InChI=1S/C17H12F3NO5/c18-17(19,20)10-14(15(22)11-4-2-1-3-5-11)26-16(23)12-6-8-13(9-7-12)21(24)25/h1-9,14H,10H2. The number of hydrogen-bond donors (Lipinski definition) is 0. The van der Waals surface area contributed by atoms with Crippen molar-refractivity contribution >= 4 is 17.4 Å². The van der Waals surface area contributed by atoms with Crippen LogP contribution in [-0.2, 0) is 4.74 Å². The molecule has 2 aromatic rings. The van der Waals surface area contributed by atoms with Crippen LogP contribution in [0.25, 0.3) is 0 Å². The summed E-state index contributed by atoms with van der Waals surface area (Å²) in [5.74, 6) is -2.17. The number of esters is 1. The average molecular weight is 367 g/mol. The molecule has 0 aliphatic heterocycles. The molecule has 0 aliphatic carbocycles. The molecule has 2 aromatic carbocycles. The minimum atomic E-state index is -4.73. The molecule has 6 nitrogen and oxygen atoms in total. The lowest BCUT2D eigenvalue weighted by Crippen LogP contribution is -2.32. The quantitative estimate of drug-likeness (QED) is 0.334. The van der Waals surface area contributed by atoms with E-state index in [4.69, 9.17) is 4.74 Å². The topological polar surface area (TPSA) is 86.5 Å². The van der Waals surface area contributed by atoms with E-state index in [0.29, 0.717) is 0 Å². The van der Waals surface area contributed by atoms with E-state index in [1.807, 2.05) is 0 Å². The monoisotopic (exact) mass is 367 g/mol. The number of carbonyl (C=O) groups excluding carboxylic acids is 2. The van der Waals surface area contributed by atoms with Gasteiger partial charge in [-0.15, -0.1) is 0 Å². The minimum absolute atomic E-state index is 0.0294. The highest BCUT2D eigenvalue weighted by molar-refractivity contribution is 6.01. The molecule has 0 saturated carbocycles. The first-order valence-corrected chi connectivity index (χ1v) is 7.29. The van der Waals surface area contributed by atoms with Crippen molar-refractivity contribution in [3.63, 3.8) is 0 Å². The SMILES string of the molecule is O=C(OC(CC(F)(F)F)C(=O)c1ccccc1)c1ccc([N+](=O)[O-])cc1. The zero-order chi connectivity index (χ0) is 19.3. The molecular formula is C17H12F3NO5. The van der Waals surface area contributed by atoms with Gasteiger partial charge >= 0.3 is 12.1 Å². The second-order valence-electron chi connectivity index (χ2n) is 5.25. The second-order valence-corrected chi connectivity index (χ2v) is 5.25. The molecule has 136 valence electrons. The maximum Gasteiger partial charge on any atom is 0.393 e. The van der Waals surface area contributed by atoms with Crippen LogP contribution in [0.1, 0.15) is 27.1 Å². The Kier molecular flexibility index (Phi) is 5.71. The van der Waals surface area contributed by atoms with E-state index in [2.05, 4.69) is 0 Å². The van der Waals surface area contributed by atoms with Crippen molar-refractivity contribution in [2.75, 3.05) is 0 Å². The number of nitro groups is 1. The molecule has 0 N–H and O–H groups in total. The number of carbonyl (C=O) groups is 2. The number of benzene rings is 2. The van der Waals surface area contributed by atoms with Crippen molar-refractivity contribution in [3.05, 3.63) is 75.8 Å². The molecule has 26 heavy (non-hydrogen) atoms. The third-order valence-electron chi connectivity index (χ3n) is 3.33. The fourth-order valence-corrected chi connectivity index (χ4v) is 2.10. The molecule has 0 spiro atoms. The van der Waals surface area contributed by atoms with Crippen LogP contribution < -0.4 is 0 Å². The maximum absolute atomic E-state index is 12.8. The van der Waals surface area contributed by atoms with Crippen LogP contribution in [-0.4, -0.2) is 29.0 Å². The van der Waals surface area contributed by atoms with E-state index in [0.717, 1.165) is 24.3 Å². The fraction of sp³-hybridized carbons (Fsp3) is 0.176. The summed E-state index contributed by atoms with van der Waals surface area (Å²) < 4.78 is 43.0. The van der Waals surface area contributed by atoms with Gasteiger partial charge in [-0.3, -0.25) is 14.9 Å². The molecule has 9 heteroatoms. The summed E-state index contributed by atoms with van der Waals surface area (Å²) >= 11 is 0. The first kappa shape index (κ1) is 19.1. The number of hydrogen-bond acceptors (Lipinski definition) is 5. The van der Waals surface area contributed by atoms with Crippen LogP contribution in [0.5, 0.6) is 0 Å². The summed E-state index contributed by atoms with van der Waals surface area (Å²) in [7, 11) is 0. The molecule has 0 fully saturated rings. The van der Waals surface area contributed by atoms with E-state index in [9.17, 15) is 32.9 Å². The van der Waals surface area contributed by atoms with Gasteiger partial charge in [-0.05, 0) is 12.1 Å². The molecule has 0 heterocycles. The normalized spacial score (nSPS) is 12.3. The van der Waals surface area contributed by atoms with Crippen molar-refractivity contribution < 1.29 is 32.4 Å².